The Bertz CT molecular complexity index is 367. The minimum absolute atomic E-state index is 0.214. The Balaban J connectivity index is 1.48. The molecule has 5 rings (SSSR count). The molecule has 0 aromatic carbocycles. The highest BCUT2D eigenvalue weighted by molar-refractivity contribution is 5.06. The van der Waals surface area contributed by atoms with Crippen LogP contribution in [0.25, 0.3) is 0 Å². The first-order valence-electron chi connectivity index (χ1n) is 8.90. The molecule has 1 heterocycles. The molecule has 0 spiro atoms. The van der Waals surface area contributed by atoms with Crippen molar-refractivity contribution in [3.05, 3.63) is 0 Å². The van der Waals surface area contributed by atoms with Crippen LogP contribution in [0.1, 0.15) is 64.2 Å². The van der Waals surface area contributed by atoms with Crippen LogP contribution in [0.4, 0.5) is 0 Å². The number of piperidine rings is 1. The Hall–Kier alpha value is -0.550. The van der Waals surface area contributed by atoms with Gasteiger partial charge in [0.2, 0.25) is 0 Å². The molecule has 0 aromatic heterocycles. The molecular weight excluding hydrogens is 244 g/mol. The summed E-state index contributed by atoms with van der Waals surface area (Å²) in [6, 6.07) is 2.89. The highest BCUT2D eigenvalue weighted by atomic mass is 15.2. The summed E-state index contributed by atoms with van der Waals surface area (Å²) in [5.74, 6) is 3.05. The maximum absolute atomic E-state index is 9.69. The quantitative estimate of drug-likeness (QED) is 0.777. The van der Waals surface area contributed by atoms with E-state index in [0.717, 1.165) is 17.8 Å². The molecule has 5 fully saturated rings. The average molecular weight is 272 g/mol. The van der Waals surface area contributed by atoms with Crippen molar-refractivity contribution in [3.63, 3.8) is 0 Å². The highest BCUT2D eigenvalue weighted by Crippen LogP contribution is 2.61. The van der Waals surface area contributed by atoms with E-state index in [-0.39, 0.29) is 6.04 Å². The lowest BCUT2D eigenvalue weighted by Crippen LogP contribution is -2.50. The van der Waals surface area contributed by atoms with Gasteiger partial charge >= 0.3 is 0 Å². The Morgan fingerprint density at radius 1 is 0.950 bits per heavy atom. The average Bonchev–Trinajstić information content (AvgIpc) is 2.44. The summed E-state index contributed by atoms with van der Waals surface area (Å²) in [7, 11) is 0. The summed E-state index contributed by atoms with van der Waals surface area (Å²) in [5.41, 5.74) is 0.562. The minimum Gasteiger partial charge on any atom is -0.288 e. The third-order valence-electron chi connectivity index (χ3n) is 6.77. The van der Waals surface area contributed by atoms with E-state index in [4.69, 9.17) is 0 Å². The highest BCUT2D eigenvalue weighted by Gasteiger charge is 2.51. The van der Waals surface area contributed by atoms with Gasteiger partial charge in [0.05, 0.1) is 12.1 Å². The van der Waals surface area contributed by atoms with Crippen LogP contribution in [0.3, 0.4) is 0 Å². The lowest BCUT2D eigenvalue weighted by atomic mass is 9.48. The zero-order valence-electron chi connectivity index (χ0n) is 12.7. The van der Waals surface area contributed by atoms with Crippen LogP contribution < -0.4 is 0 Å². The second kappa shape index (κ2) is 5.02. The van der Waals surface area contributed by atoms with Crippen LogP contribution >= 0.6 is 0 Å². The van der Waals surface area contributed by atoms with Crippen molar-refractivity contribution in [2.45, 2.75) is 70.3 Å². The molecule has 4 aliphatic carbocycles. The number of nitrogens with zero attached hydrogens (tertiary/aromatic N) is 2. The summed E-state index contributed by atoms with van der Waals surface area (Å²) in [6.07, 6.45) is 14.1. The fraction of sp³-hybridized carbons (Fsp3) is 0.944. The molecule has 1 unspecified atom stereocenters. The summed E-state index contributed by atoms with van der Waals surface area (Å²) in [4.78, 5) is 2.50. The molecule has 110 valence electrons. The van der Waals surface area contributed by atoms with Crippen molar-refractivity contribution in [2.75, 3.05) is 13.1 Å². The summed E-state index contributed by atoms with van der Waals surface area (Å²) in [5, 5.41) is 9.69. The molecule has 4 saturated carbocycles. The molecule has 2 nitrogen and oxygen atoms in total. The molecule has 0 radical (unpaired) electrons. The predicted molar refractivity (Wildman–Crippen MR) is 80.0 cm³/mol. The van der Waals surface area contributed by atoms with Gasteiger partial charge in [0.25, 0.3) is 0 Å². The van der Waals surface area contributed by atoms with E-state index in [1.165, 1.54) is 77.3 Å². The van der Waals surface area contributed by atoms with Gasteiger partial charge in [0.15, 0.2) is 0 Å². The molecule has 0 amide bonds. The van der Waals surface area contributed by atoms with Crippen LogP contribution in [0, 0.1) is 34.5 Å². The lowest BCUT2D eigenvalue weighted by Gasteiger charge is -2.57. The smallest absolute Gasteiger partial charge is 0.0983 e. The van der Waals surface area contributed by atoms with Gasteiger partial charge in [-0.3, -0.25) is 4.90 Å². The van der Waals surface area contributed by atoms with E-state index in [0.29, 0.717) is 5.41 Å². The standard InChI is InChI=1S/C18H28N2/c19-13-17(20-4-2-1-3-5-20)12-18-9-14-6-15(10-18)8-16(7-14)11-18/h14-17H,1-12H2. The second-order valence-electron chi connectivity index (χ2n) is 8.36. The summed E-state index contributed by atoms with van der Waals surface area (Å²) >= 11 is 0. The van der Waals surface area contributed by atoms with Gasteiger partial charge in [-0.15, -0.1) is 0 Å². The molecule has 1 saturated heterocycles. The van der Waals surface area contributed by atoms with Gasteiger partial charge in [0, 0.05) is 0 Å². The molecule has 1 aliphatic heterocycles. The van der Waals surface area contributed by atoms with Crippen LogP contribution in [-0.2, 0) is 0 Å². The lowest BCUT2D eigenvalue weighted by molar-refractivity contribution is -0.0664. The molecular formula is C18H28N2. The molecule has 1 atom stereocenters. The normalized spacial score (nSPS) is 45.2. The third-order valence-corrected chi connectivity index (χ3v) is 6.77. The minimum atomic E-state index is 0.214. The molecule has 20 heavy (non-hydrogen) atoms. The Kier molecular flexibility index (Phi) is 3.30. The van der Waals surface area contributed by atoms with Gasteiger partial charge < -0.3 is 0 Å². The number of rotatable bonds is 3. The molecule has 0 N–H and O–H groups in total. The molecule has 4 bridgehead atoms. The largest absolute Gasteiger partial charge is 0.288 e. The van der Waals surface area contributed by atoms with Crippen molar-refractivity contribution in [2.24, 2.45) is 23.2 Å². The summed E-state index contributed by atoms with van der Waals surface area (Å²) in [6.45, 7) is 2.34. The van der Waals surface area contributed by atoms with E-state index >= 15 is 0 Å². The monoisotopic (exact) mass is 272 g/mol. The maximum atomic E-state index is 9.69. The van der Waals surface area contributed by atoms with Crippen molar-refractivity contribution in [1.29, 1.82) is 5.26 Å². The third kappa shape index (κ3) is 2.29. The first-order chi connectivity index (χ1) is 9.76. The van der Waals surface area contributed by atoms with Gasteiger partial charge in [-0.25, -0.2) is 0 Å². The van der Waals surface area contributed by atoms with Crippen LogP contribution in [0.15, 0.2) is 0 Å². The SMILES string of the molecule is N#CC(CC12CC3CC(CC(C3)C1)C2)N1CCCCC1. The first kappa shape index (κ1) is 13.1. The number of nitriles is 1. The van der Waals surface area contributed by atoms with Crippen LogP contribution in [0.5, 0.6) is 0 Å². The van der Waals surface area contributed by atoms with Gasteiger partial charge in [-0.05, 0) is 94.0 Å². The van der Waals surface area contributed by atoms with Crippen molar-refractivity contribution >= 4 is 0 Å². The fourth-order valence-corrected chi connectivity index (χ4v) is 6.44. The van der Waals surface area contributed by atoms with Crippen molar-refractivity contribution in [3.8, 4) is 6.07 Å². The molecule has 2 heteroatoms. The van der Waals surface area contributed by atoms with E-state index in [2.05, 4.69) is 11.0 Å². The first-order valence-corrected chi connectivity index (χ1v) is 8.90. The number of hydrogen-bond acceptors (Lipinski definition) is 2. The Morgan fingerprint density at radius 2 is 1.50 bits per heavy atom. The predicted octanol–water partition coefficient (Wildman–Crippen LogP) is 3.97. The van der Waals surface area contributed by atoms with E-state index < -0.39 is 0 Å². The fourth-order valence-electron chi connectivity index (χ4n) is 6.44. The number of hydrogen-bond donors (Lipinski definition) is 0. The Morgan fingerprint density at radius 3 is 2.00 bits per heavy atom. The number of likely N-dealkylation sites (tertiary alicyclic amines) is 1. The molecule has 5 aliphatic rings. The van der Waals surface area contributed by atoms with Crippen molar-refractivity contribution < 1.29 is 0 Å². The zero-order chi connectivity index (χ0) is 13.6. The molecule has 0 aromatic rings. The van der Waals surface area contributed by atoms with Crippen molar-refractivity contribution in [1.82, 2.24) is 4.90 Å². The van der Waals surface area contributed by atoms with Gasteiger partial charge in [0.1, 0.15) is 0 Å². The Labute approximate surface area is 123 Å². The van der Waals surface area contributed by atoms with Crippen LogP contribution in [-0.4, -0.2) is 24.0 Å². The zero-order valence-corrected chi connectivity index (χ0v) is 12.7. The second-order valence-corrected chi connectivity index (χ2v) is 8.36. The maximum Gasteiger partial charge on any atom is 0.0983 e. The topological polar surface area (TPSA) is 27.0 Å². The van der Waals surface area contributed by atoms with Gasteiger partial charge in [-0.1, -0.05) is 6.42 Å². The van der Waals surface area contributed by atoms with E-state index in [1.54, 1.807) is 0 Å². The van der Waals surface area contributed by atoms with E-state index in [9.17, 15) is 5.26 Å². The summed E-state index contributed by atoms with van der Waals surface area (Å²) < 4.78 is 0. The van der Waals surface area contributed by atoms with Gasteiger partial charge in [-0.2, -0.15) is 5.26 Å². The van der Waals surface area contributed by atoms with E-state index in [1.807, 2.05) is 0 Å². The van der Waals surface area contributed by atoms with Crippen LogP contribution in [0.2, 0.25) is 0 Å².